The van der Waals surface area contributed by atoms with Gasteiger partial charge in [0.1, 0.15) is 0 Å². The molecule has 0 aliphatic carbocycles. The molecule has 9 aromatic carbocycles. The van der Waals surface area contributed by atoms with Crippen molar-refractivity contribution in [2.75, 3.05) is 0 Å². The van der Waals surface area contributed by atoms with E-state index in [1.165, 1.54) is 65.5 Å². The van der Waals surface area contributed by atoms with Crippen LogP contribution < -0.4 is 0 Å². The Labute approximate surface area is 332 Å². The van der Waals surface area contributed by atoms with Crippen molar-refractivity contribution in [3.8, 4) is 39.5 Å². The fourth-order valence-electron chi connectivity index (χ4n) is 9.71. The lowest BCUT2D eigenvalue weighted by Crippen LogP contribution is -1.98. The van der Waals surface area contributed by atoms with E-state index in [0.717, 1.165) is 49.7 Å². The van der Waals surface area contributed by atoms with Crippen molar-refractivity contribution in [3.63, 3.8) is 0 Å². The zero-order chi connectivity index (χ0) is 37.9. The summed E-state index contributed by atoms with van der Waals surface area (Å²) in [5, 5.41) is 10.9. The Morgan fingerprint density at radius 2 is 0.966 bits per heavy atom. The normalized spacial score (nSPS) is 12.1. The summed E-state index contributed by atoms with van der Waals surface area (Å²) in [7, 11) is 0. The van der Waals surface area contributed by atoms with Gasteiger partial charge in [-0.15, -0.1) is 0 Å². The fourth-order valence-corrected chi connectivity index (χ4v) is 9.71. The summed E-state index contributed by atoms with van der Waals surface area (Å²) in [5.41, 5.74) is 13.4. The van der Waals surface area contributed by atoms with E-state index in [2.05, 4.69) is 203 Å². The first-order chi connectivity index (χ1) is 28.8. The largest absolute Gasteiger partial charge is 0.309 e. The van der Waals surface area contributed by atoms with Crippen molar-refractivity contribution >= 4 is 81.6 Å². The van der Waals surface area contributed by atoms with Crippen LogP contribution >= 0.6 is 0 Å². The van der Waals surface area contributed by atoms with Crippen molar-refractivity contribution in [2.45, 2.75) is 0 Å². The van der Waals surface area contributed by atoms with Crippen molar-refractivity contribution in [1.29, 1.82) is 0 Å². The van der Waals surface area contributed by atoms with Gasteiger partial charge >= 0.3 is 0 Å². The molecule has 0 atom stereocenters. The Bertz CT molecular complexity index is 3780. The Hall–Kier alpha value is -7.82. The van der Waals surface area contributed by atoms with Crippen LogP contribution in [0, 0.1) is 0 Å². The van der Waals surface area contributed by atoms with Gasteiger partial charge in [-0.05, 0) is 82.6 Å². The molecule has 0 spiro atoms. The van der Waals surface area contributed by atoms with Crippen molar-refractivity contribution in [1.82, 2.24) is 18.9 Å². The highest BCUT2D eigenvalue weighted by atomic mass is 15.0. The van der Waals surface area contributed by atoms with Gasteiger partial charge in [-0.3, -0.25) is 0 Å². The van der Waals surface area contributed by atoms with Crippen molar-refractivity contribution < 1.29 is 0 Å². The fraction of sp³-hybridized carbons (Fsp3) is 0. The Kier molecular flexibility index (Phi) is 6.41. The summed E-state index contributed by atoms with van der Waals surface area (Å²) in [6.45, 7) is 0. The van der Waals surface area contributed by atoms with Crippen LogP contribution in [0.5, 0.6) is 0 Å². The smallest absolute Gasteiger partial charge is 0.160 e. The molecular weight excluding hydrogens is 705 g/mol. The lowest BCUT2D eigenvalue weighted by atomic mass is 9.98. The molecule has 4 aromatic heterocycles. The molecule has 268 valence electrons. The molecular formula is C54H32N4. The number of para-hydroxylation sites is 2. The van der Waals surface area contributed by atoms with Gasteiger partial charge in [0.2, 0.25) is 0 Å². The van der Waals surface area contributed by atoms with E-state index >= 15 is 0 Å². The summed E-state index contributed by atoms with van der Waals surface area (Å²) in [4.78, 5) is 10.7. The minimum Gasteiger partial charge on any atom is -0.309 e. The van der Waals surface area contributed by atoms with Crippen LogP contribution in [-0.2, 0) is 0 Å². The van der Waals surface area contributed by atoms with Crippen molar-refractivity contribution in [2.24, 2.45) is 0 Å². The Balaban J connectivity index is 1.03. The second-order valence-electron chi connectivity index (χ2n) is 15.3. The maximum Gasteiger partial charge on any atom is 0.160 e. The molecule has 0 radical (unpaired) electrons. The van der Waals surface area contributed by atoms with Gasteiger partial charge in [-0.25, -0.2) is 9.97 Å². The first-order valence-corrected chi connectivity index (χ1v) is 19.8. The number of benzene rings is 9. The number of fused-ring (bicyclic) bond motifs is 8. The number of aromatic nitrogens is 4. The van der Waals surface area contributed by atoms with E-state index in [1.54, 1.807) is 0 Å². The molecule has 0 saturated heterocycles. The molecule has 58 heavy (non-hydrogen) atoms. The molecule has 0 bridgehead atoms. The summed E-state index contributed by atoms with van der Waals surface area (Å²) in [5.74, 6) is 0.705. The highest BCUT2D eigenvalue weighted by Gasteiger charge is 2.22. The third-order valence-electron chi connectivity index (χ3n) is 12.2. The average molecular weight is 737 g/mol. The zero-order valence-corrected chi connectivity index (χ0v) is 31.3. The summed E-state index contributed by atoms with van der Waals surface area (Å²) < 4.78 is 4.91. The molecule has 4 heterocycles. The number of rotatable bonds is 4. The predicted molar refractivity (Wildman–Crippen MR) is 242 cm³/mol. The molecule has 4 nitrogen and oxygen atoms in total. The molecule has 0 aliphatic heterocycles. The van der Waals surface area contributed by atoms with E-state index in [9.17, 15) is 0 Å². The first kappa shape index (κ1) is 31.4. The van der Waals surface area contributed by atoms with Gasteiger partial charge in [0.15, 0.2) is 5.82 Å². The van der Waals surface area contributed by atoms with Gasteiger partial charge in [0.05, 0.1) is 38.8 Å². The lowest BCUT2D eigenvalue weighted by Gasteiger charge is -2.13. The zero-order valence-electron chi connectivity index (χ0n) is 31.3. The van der Waals surface area contributed by atoms with E-state index in [4.69, 9.17) is 9.97 Å². The van der Waals surface area contributed by atoms with E-state index in [0.29, 0.717) is 5.82 Å². The van der Waals surface area contributed by atoms with Gasteiger partial charge in [-0.2, -0.15) is 0 Å². The van der Waals surface area contributed by atoms with Crippen molar-refractivity contribution in [3.05, 3.63) is 194 Å². The third kappa shape index (κ3) is 4.34. The van der Waals surface area contributed by atoms with Gasteiger partial charge in [0, 0.05) is 54.5 Å². The summed E-state index contributed by atoms with van der Waals surface area (Å²) in [6.07, 6.45) is 0. The second-order valence-corrected chi connectivity index (χ2v) is 15.3. The summed E-state index contributed by atoms with van der Waals surface area (Å²) >= 11 is 0. The highest BCUT2D eigenvalue weighted by Crippen LogP contribution is 2.44. The molecule has 0 N–H and O–H groups in total. The van der Waals surface area contributed by atoms with Crippen LogP contribution in [-0.4, -0.2) is 18.9 Å². The first-order valence-electron chi connectivity index (χ1n) is 19.8. The minimum absolute atomic E-state index is 0.705. The van der Waals surface area contributed by atoms with Crippen LogP contribution in [0.3, 0.4) is 0 Å². The molecule has 13 aromatic rings. The van der Waals surface area contributed by atoms with E-state index in [-0.39, 0.29) is 0 Å². The van der Waals surface area contributed by atoms with E-state index < -0.39 is 0 Å². The lowest BCUT2D eigenvalue weighted by molar-refractivity contribution is 1.17. The summed E-state index contributed by atoms with van der Waals surface area (Å²) in [6, 6.07) is 70.0. The predicted octanol–water partition coefficient (Wildman–Crippen LogP) is 14.0. The third-order valence-corrected chi connectivity index (χ3v) is 12.2. The van der Waals surface area contributed by atoms with Crippen LogP contribution in [0.2, 0.25) is 0 Å². The van der Waals surface area contributed by atoms with E-state index in [1.807, 2.05) is 0 Å². The van der Waals surface area contributed by atoms with Gasteiger partial charge < -0.3 is 8.97 Å². The van der Waals surface area contributed by atoms with Crippen LogP contribution in [0.4, 0.5) is 0 Å². The number of hydrogen-bond donors (Lipinski definition) is 0. The van der Waals surface area contributed by atoms with Crippen LogP contribution in [0.25, 0.3) is 121 Å². The quantitative estimate of drug-likeness (QED) is 0.169. The highest BCUT2D eigenvalue weighted by molar-refractivity contribution is 6.31. The number of hydrogen-bond acceptors (Lipinski definition) is 2. The minimum atomic E-state index is 0.705. The second kappa shape index (κ2) is 11.8. The monoisotopic (exact) mass is 736 g/mol. The molecule has 0 aliphatic rings. The Morgan fingerprint density at radius 3 is 1.84 bits per heavy atom. The topological polar surface area (TPSA) is 35.1 Å². The van der Waals surface area contributed by atoms with Gasteiger partial charge in [-0.1, -0.05) is 133 Å². The SMILES string of the molecule is c1ccc(-c2cccc(-c3nc(-c4ccc(-n5c6cccc7c8cccc9c%10ccccc%10n(c%10cccc5c%10c76)c89)cc4)nc4c3ccc3ccccc34)c2)cc1. The maximum atomic E-state index is 5.36. The Morgan fingerprint density at radius 1 is 0.345 bits per heavy atom. The van der Waals surface area contributed by atoms with Crippen LogP contribution in [0.1, 0.15) is 0 Å². The number of nitrogens with zero attached hydrogens (tertiary/aromatic N) is 4. The molecule has 0 amide bonds. The molecule has 0 unspecified atom stereocenters. The maximum absolute atomic E-state index is 5.36. The standard InChI is InChI=1S/C54H32N4/c1-2-12-33(13-3-1)36-15-8-16-37(32-36)51-44-31-28-34-14-4-5-17-39(34)52(44)56-54(55-51)35-26-29-38(30-27-35)57-46-23-10-19-41-43-21-9-20-42-40-18-6-7-22-45(40)58(53(42)43)48-25-11-24-47(57)50(48)49(41)46/h1-32H. The molecule has 0 saturated carbocycles. The van der Waals surface area contributed by atoms with Crippen LogP contribution in [0.15, 0.2) is 194 Å². The average Bonchev–Trinajstić information content (AvgIpc) is 3.78. The molecule has 4 heteroatoms. The van der Waals surface area contributed by atoms with Gasteiger partial charge in [0.25, 0.3) is 0 Å². The molecule has 13 rings (SSSR count). The molecule has 0 fully saturated rings.